The normalized spacial score (nSPS) is 10.8. The van der Waals surface area contributed by atoms with Gasteiger partial charge < -0.3 is 4.42 Å². The van der Waals surface area contributed by atoms with Crippen LogP contribution in [-0.4, -0.2) is 10.8 Å². The van der Waals surface area contributed by atoms with Crippen molar-refractivity contribution in [3.63, 3.8) is 0 Å². The molecule has 0 aliphatic heterocycles. The van der Waals surface area contributed by atoms with Crippen LogP contribution in [0.5, 0.6) is 0 Å². The number of benzene rings is 1. The van der Waals surface area contributed by atoms with Crippen molar-refractivity contribution in [3.05, 3.63) is 65.2 Å². The molecule has 3 nitrogen and oxygen atoms in total. The number of carbonyl (C=O) groups is 1. The van der Waals surface area contributed by atoms with Gasteiger partial charge in [0.05, 0.1) is 11.1 Å². The third kappa shape index (κ3) is 2.03. The maximum absolute atomic E-state index is 12.4. The minimum Gasteiger partial charge on any atom is -0.466 e. The first-order valence-corrected chi connectivity index (χ1v) is 6.11. The smallest absolute Gasteiger partial charge is 0.196 e. The Morgan fingerprint density at radius 2 is 2.00 bits per heavy atom. The number of aryl methyl sites for hydroxylation is 2. The van der Waals surface area contributed by atoms with Gasteiger partial charge in [0.2, 0.25) is 0 Å². The van der Waals surface area contributed by atoms with Gasteiger partial charge in [-0.3, -0.25) is 9.78 Å². The van der Waals surface area contributed by atoms with Crippen LogP contribution in [0.2, 0.25) is 0 Å². The fourth-order valence-electron chi connectivity index (χ4n) is 2.22. The van der Waals surface area contributed by atoms with Gasteiger partial charge in [0.25, 0.3) is 0 Å². The molecule has 3 aromatic rings. The highest BCUT2D eigenvalue weighted by atomic mass is 16.3. The van der Waals surface area contributed by atoms with Crippen molar-refractivity contribution in [1.29, 1.82) is 0 Å². The Morgan fingerprint density at radius 3 is 2.74 bits per heavy atom. The van der Waals surface area contributed by atoms with Crippen molar-refractivity contribution in [3.8, 4) is 0 Å². The lowest BCUT2D eigenvalue weighted by molar-refractivity contribution is 0.103. The summed E-state index contributed by atoms with van der Waals surface area (Å²) >= 11 is 0. The van der Waals surface area contributed by atoms with Crippen LogP contribution in [0.3, 0.4) is 0 Å². The van der Waals surface area contributed by atoms with Crippen LogP contribution >= 0.6 is 0 Å². The first-order chi connectivity index (χ1) is 9.15. The van der Waals surface area contributed by atoms with Gasteiger partial charge in [0.1, 0.15) is 11.5 Å². The zero-order valence-corrected chi connectivity index (χ0v) is 10.8. The Hall–Kier alpha value is -2.42. The summed E-state index contributed by atoms with van der Waals surface area (Å²) in [5, 5.41) is 1.03. The number of hydrogen-bond acceptors (Lipinski definition) is 3. The number of rotatable bonds is 2. The number of nitrogens with zero attached hydrogens (tertiary/aromatic N) is 1. The molecule has 94 valence electrons. The van der Waals surface area contributed by atoms with Crippen molar-refractivity contribution >= 4 is 16.7 Å². The maximum Gasteiger partial charge on any atom is 0.196 e. The van der Waals surface area contributed by atoms with E-state index in [0.29, 0.717) is 16.9 Å². The van der Waals surface area contributed by atoms with Crippen LogP contribution < -0.4 is 0 Å². The molecule has 2 aromatic heterocycles. The van der Waals surface area contributed by atoms with Gasteiger partial charge in [-0.1, -0.05) is 18.2 Å². The molecule has 0 atom stereocenters. The first kappa shape index (κ1) is 11.7. The van der Waals surface area contributed by atoms with E-state index in [1.165, 1.54) is 0 Å². The van der Waals surface area contributed by atoms with Gasteiger partial charge in [0, 0.05) is 17.1 Å². The van der Waals surface area contributed by atoms with E-state index in [1.54, 1.807) is 19.2 Å². The number of carbonyl (C=O) groups excluding carboxylic acids is 1. The molecule has 0 saturated carbocycles. The molecule has 0 amide bonds. The Kier molecular flexibility index (Phi) is 2.67. The monoisotopic (exact) mass is 251 g/mol. The zero-order valence-electron chi connectivity index (χ0n) is 10.8. The van der Waals surface area contributed by atoms with Gasteiger partial charge >= 0.3 is 0 Å². The van der Waals surface area contributed by atoms with E-state index in [4.69, 9.17) is 4.42 Å². The van der Waals surface area contributed by atoms with E-state index in [-0.39, 0.29) is 5.78 Å². The summed E-state index contributed by atoms with van der Waals surface area (Å²) in [5.74, 6) is 1.38. The lowest BCUT2D eigenvalue weighted by Crippen LogP contribution is -2.01. The molecule has 0 radical (unpaired) electrons. The summed E-state index contributed by atoms with van der Waals surface area (Å²) in [5.41, 5.74) is 2.08. The molecule has 0 aliphatic rings. The Labute approximate surface area is 110 Å². The van der Waals surface area contributed by atoms with Crippen LogP contribution in [0, 0.1) is 13.8 Å². The van der Waals surface area contributed by atoms with Crippen molar-refractivity contribution in [1.82, 2.24) is 4.98 Å². The second-order valence-electron chi connectivity index (χ2n) is 4.57. The molecule has 19 heavy (non-hydrogen) atoms. The lowest BCUT2D eigenvalue weighted by Gasteiger charge is -2.01. The van der Waals surface area contributed by atoms with E-state index >= 15 is 0 Å². The summed E-state index contributed by atoms with van der Waals surface area (Å²) in [6.45, 7) is 3.64. The molecule has 3 rings (SSSR count). The van der Waals surface area contributed by atoms with Crippen LogP contribution in [-0.2, 0) is 0 Å². The van der Waals surface area contributed by atoms with Crippen molar-refractivity contribution in [2.45, 2.75) is 13.8 Å². The number of aromatic nitrogens is 1. The number of fused-ring (bicyclic) bond motifs is 1. The van der Waals surface area contributed by atoms with Crippen LogP contribution in [0.1, 0.15) is 27.4 Å². The summed E-state index contributed by atoms with van der Waals surface area (Å²) in [6, 6.07) is 11.2. The Bertz CT molecular complexity index is 771. The average Bonchev–Trinajstić information content (AvgIpc) is 2.76. The molecule has 0 spiro atoms. The van der Waals surface area contributed by atoms with Crippen molar-refractivity contribution < 1.29 is 9.21 Å². The van der Waals surface area contributed by atoms with Crippen LogP contribution in [0.25, 0.3) is 10.9 Å². The number of furan rings is 1. The van der Waals surface area contributed by atoms with Crippen molar-refractivity contribution in [2.24, 2.45) is 0 Å². The van der Waals surface area contributed by atoms with Crippen LogP contribution in [0.4, 0.5) is 0 Å². The number of hydrogen-bond donors (Lipinski definition) is 0. The molecule has 2 heterocycles. The summed E-state index contributed by atoms with van der Waals surface area (Å²) in [6.07, 6.45) is 1.73. The Balaban J connectivity index is 2.09. The highest BCUT2D eigenvalue weighted by Crippen LogP contribution is 2.20. The molecule has 0 unspecified atom stereocenters. The van der Waals surface area contributed by atoms with E-state index in [0.717, 1.165) is 16.7 Å². The number of pyridine rings is 1. The molecule has 3 heteroatoms. The zero-order chi connectivity index (χ0) is 13.4. The molecular weight excluding hydrogens is 238 g/mol. The Morgan fingerprint density at radius 1 is 1.16 bits per heavy atom. The van der Waals surface area contributed by atoms with Gasteiger partial charge in [-0.05, 0) is 32.0 Å². The summed E-state index contributed by atoms with van der Waals surface area (Å²) < 4.78 is 5.41. The fraction of sp³-hybridized carbons (Fsp3) is 0.125. The average molecular weight is 251 g/mol. The summed E-state index contributed by atoms with van der Waals surface area (Å²) in [7, 11) is 0. The minimum absolute atomic E-state index is 0.0260. The van der Waals surface area contributed by atoms with E-state index < -0.39 is 0 Å². The molecule has 0 aliphatic carbocycles. The molecule has 0 bridgehead atoms. The third-order valence-corrected chi connectivity index (χ3v) is 3.15. The van der Waals surface area contributed by atoms with Gasteiger partial charge in [-0.15, -0.1) is 0 Å². The fourth-order valence-corrected chi connectivity index (χ4v) is 2.22. The lowest BCUT2D eigenvalue weighted by atomic mass is 10.0. The van der Waals surface area contributed by atoms with E-state index in [9.17, 15) is 4.79 Å². The van der Waals surface area contributed by atoms with E-state index in [1.807, 2.05) is 37.3 Å². The predicted octanol–water partition coefficient (Wildman–Crippen LogP) is 3.68. The number of ketones is 1. The SMILES string of the molecule is Cc1cc(C(=O)c2ccc3cccnc3c2)c(C)o1. The molecule has 0 saturated heterocycles. The molecule has 1 aromatic carbocycles. The predicted molar refractivity (Wildman–Crippen MR) is 73.4 cm³/mol. The highest BCUT2D eigenvalue weighted by molar-refractivity contribution is 6.11. The quantitative estimate of drug-likeness (QED) is 0.652. The highest BCUT2D eigenvalue weighted by Gasteiger charge is 2.15. The first-order valence-electron chi connectivity index (χ1n) is 6.11. The van der Waals surface area contributed by atoms with Crippen LogP contribution in [0.15, 0.2) is 47.0 Å². The standard InChI is InChI=1S/C16H13NO2/c1-10-8-14(11(2)19-10)16(18)13-6-5-12-4-3-7-17-15(12)9-13/h3-9H,1-2H3. The summed E-state index contributed by atoms with van der Waals surface area (Å²) in [4.78, 5) is 16.7. The van der Waals surface area contributed by atoms with Gasteiger partial charge in [-0.2, -0.15) is 0 Å². The topological polar surface area (TPSA) is 43.1 Å². The maximum atomic E-state index is 12.4. The second-order valence-corrected chi connectivity index (χ2v) is 4.57. The van der Waals surface area contributed by atoms with Crippen molar-refractivity contribution in [2.75, 3.05) is 0 Å². The van der Waals surface area contributed by atoms with Gasteiger partial charge in [0.15, 0.2) is 5.78 Å². The molecule has 0 fully saturated rings. The molecular formula is C16H13NO2. The van der Waals surface area contributed by atoms with E-state index in [2.05, 4.69) is 4.98 Å². The van der Waals surface area contributed by atoms with Gasteiger partial charge in [-0.25, -0.2) is 0 Å². The minimum atomic E-state index is -0.0260. The third-order valence-electron chi connectivity index (χ3n) is 3.15. The molecule has 0 N–H and O–H groups in total. The largest absolute Gasteiger partial charge is 0.466 e. The second kappa shape index (κ2) is 4.35.